The molecule has 9 nitrogen and oxygen atoms in total. The Morgan fingerprint density at radius 1 is 1.13 bits per heavy atom. The van der Waals surface area contributed by atoms with Crippen molar-refractivity contribution in [1.29, 1.82) is 0 Å². The van der Waals surface area contributed by atoms with Crippen molar-refractivity contribution >= 4 is 0 Å². The van der Waals surface area contributed by atoms with Crippen LogP contribution in [0.5, 0.6) is 0 Å². The van der Waals surface area contributed by atoms with Gasteiger partial charge in [0.15, 0.2) is 0 Å². The molecule has 0 aliphatic carbocycles. The summed E-state index contributed by atoms with van der Waals surface area (Å²) in [6.07, 6.45) is 3.38. The fourth-order valence-electron chi connectivity index (χ4n) is 0.904. The van der Waals surface area contributed by atoms with Crippen LogP contribution in [-0.4, -0.2) is 30.5 Å². The third-order valence-corrected chi connectivity index (χ3v) is 1.48. The van der Waals surface area contributed by atoms with Crippen LogP contribution in [0.4, 0.5) is 0 Å². The van der Waals surface area contributed by atoms with Gasteiger partial charge in [0.1, 0.15) is 0 Å². The predicted octanol–water partition coefficient (Wildman–Crippen LogP) is -0.0302. The summed E-state index contributed by atoms with van der Waals surface area (Å²) in [4.78, 5) is 7.52. The molecule has 1 radical (unpaired) electrons. The second kappa shape index (κ2) is 2.97. The lowest BCUT2D eigenvalue weighted by atomic mass is 10.6. The molecule has 15 heavy (non-hydrogen) atoms. The Bertz CT molecular complexity index is 492. The second-order valence-electron chi connectivity index (χ2n) is 2.37. The standard InChI is InChI=1S/C6HN6O3/c1-7-5(14-9-1)6-10-3(12-15-6)4-11-8-2-13-4/h2H. The summed E-state index contributed by atoms with van der Waals surface area (Å²) in [7, 11) is 0. The summed E-state index contributed by atoms with van der Waals surface area (Å²) < 4.78 is 14.4. The Morgan fingerprint density at radius 3 is 2.87 bits per heavy atom. The molecule has 3 aromatic rings. The van der Waals surface area contributed by atoms with Crippen LogP contribution in [0, 0.1) is 6.33 Å². The van der Waals surface area contributed by atoms with Crippen LogP contribution in [0.15, 0.2) is 19.9 Å². The van der Waals surface area contributed by atoms with Gasteiger partial charge in [-0.2, -0.15) is 9.97 Å². The lowest BCUT2D eigenvalue weighted by Gasteiger charge is -1.79. The van der Waals surface area contributed by atoms with E-state index >= 15 is 0 Å². The van der Waals surface area contributed by atoms with E-state index in [0.717, 1.165) is 6.39 Å². The van der Waals surface area contributed by atoms with Gasteiger partial charge in [-0.25, -0.2) is 0 Å². The number of hydrogen-bond acceptors (Lipinski definition) is 9. The van der Waals surface area contributed by atoms with E-state index in [1.807, 2.05) is 0 Å². The van der Waals surface area contributed by atoms with Gasteiger partial charge >= 0.3 is 11.8 Å². The summed E-state index contributed by atoms with van der Waals surface area (Å²) >= 11 is 0. The lowest BCUT2D eigenvalue weighted by molar-refractivity contribution is 0.381. The Kier molecular flexibility index (Phi) is 1.54. The topological polar surface area (TPSA) is 117 Å². The van der Waals surface area contributed by atoms with Crippen LogP contribution in [0.2, 0.25) is 0 Å². The third-order valence-electron chi connectivity index (χ3n) is 1.48. The van der Waals surface area contributed by atoms with Crippen molar-refractivity contribution in [1.82, 2.24) is 30.5 Å². The molecule has 0 aliphatic heterocycles. The maximum absolute atomic E-state index is 4.87. The van der Waals surface area contributed by atoms with Gasteiger partial charge in [0.25, 0.3) is 11.7 Å². The van der Waals surface area contributed by atoms with Gasteiger partial charge in [-0.1, -0.05) is 10.3 Å². The average Bonchev–Trinajstić information content (AvgIpc) is 3.02. The third kappa shape index (κ3) is 1.25. The van der Waals surface area contributed by atoms with Crippen molar-refractivity contribution in [3.63, 3.8) is 0 Å². The highest BCUT2D eigenvalue weighted by molar-refractivity contribution is 5.44. The summed E-state index contributed by atoms with van der Waals surface area (Å²) in [5.74, 6) is 0.444. The molecule has 0 bridgehead atoms. The summed E-state index contributed by atoms with van der Waals surface area (Å²) in [6, 6.07) is 0. The van der Waals surface area contributed by atoms with Crippen molar-refractivity contribution in [2.45, 2.75) is 0 Å². The minimum Gasteiger partial charge on any atom is -0.421 e. The van der Waals surface area contributed by atoms with Crippen LogP contribution in [0.1, 0.15) is 0 Å². The number of hydrogen-bond donors (Lipinski definition) is 0. The minimum absolute atomic E-state index is 0.0666. The molecule has 0 amide bonds. The van der Waals surface area contributed by atoms with Crippen molar-refractivity contribution in [3.05, 3.63) is 12.7 Å². The Labute approximate surface area is 81.1 Å². The largest absolute Gasteiger partial charge is 0.421 e. The Morgan fingerprint density at radius 2 is 2.13 bits per heavy atom. The number of nitrogens with zero attached hydrogens (tertiary/aromatic N) is 6. The zero-order valence-electron chi connectivity index (χ0n) is 6.99. The zero-order valence-corrected chi connectivity index (χ0v) is 6.99. The van der Waals surface area contributed by atoms with E-state index in [0.29, 0.717) is 0 Å². The fourth-order valence-corrected chi connectivity index (χ4v) is 0.904. The van der Waals surface area contributed by atoms with E-state index < -0.39 is 0 Å². The first-order valence-electron chi connectivity index (χ1n) is 3.74. The summed E-state index contributed by atoms with van der Waals surface area (Å²) in [5.41, 5.74) is 0. The van der Waals surface area contributed by atoms with Crippen LogP contribution in [-0.2, 0) is 0 Å². The van der Waals surface area contributed by atoms with E-state index in [1.165, 1.54) is 0 Å². The molecule has 3 heterocycles. The quantitative estimate of drug-likeness (QED) is 0.568. The SMILES string of the molecule is [c]1noc(-c2nc(-c3nnco3)no2)n1. The Hall–Kier alpha value is -2.58. The minimum atomic E-state index is 0.0666. The van der Waals surface area contributed by atoms with Crippen LogP contribution in [0.3, 0.4) is 0 Å². The smallest absolute Gasteiger partial charge is 0.316 e. The van der Waals surface area contributed by atoms with Crippen molar-refractivity contribution < 1.29 is 13.5 Å². The fraction of sp³-hybridized carbons (Fsp3) is 0. The molecule has 0 saturated carbocycles. The van der Waals surface area contributed by atoms with Crippen molar-refractivity contribution in [2.24, 2.45) is 0 Å². The maximum Gasteiger partial charge on any atom is 0.316 e. The van der Waals surface area contributed by atoms with Gasteiger partial charge < -0.3 is 13.5 Å². The predicted molar refractivity (Wildman–Crippen MR) is 39.7 cm³/mol. The van der Waals surface area contributed by atoms with E-state index in [1.54, 1.807) is 0 Å². The van der Waals surface area contributed by atoms with Gasteiger partial charge in [0.2, 0.25) is 12.7 Å². The second-order valence-corrected chi connectivity index (χ2v) is 2.37. The molecule has 0 aliphatic rings. The van der Waals surface area contributed by atoms with E-state index in [2.05, 4.69) is 41.3 Å². The first-order valence-corrected chi connectivity index (χ1v) is 3.74. The highest BCUT2D eigenvalue weighted by Gasteiger charge is 2.17. The van der Waals surface area contributed by atoms with E-state index in [9.17, 15) is 0 Å². The van der Waals surface area contributed by atoms with Crippen molar-refractivity contribution in [2.75, 3.05) is 0 Å². The van der Waals surface area contributed by atoms with E-state index in [-0.39, 0.29) is 23.5 Å². The molecule has 0 spiro atoms. The van der Waals surface area contributed by atoms with Crippen LogP contribution < -0.4 is 0 Å². The first-order chi connectivity index (χ1) is 7.43. The first kappa shape index (κ1) is 7.79. The molecule has 3 rings (SSSR count). The van der Waals surface area contributed by atoms with Gasteiger partial charge in [0, 0.05) is 0 Å². The molecule has 0 fully saturated rings. The molecular formula is C6HN6O3. The maximum atomic E-state index is 4.87. The molecule has 0 saturated heterocycles. The Balaban J connectivity index is 2.02. The average molecular weight is 205 g/mol. The highest BCUT2D eigenvalue weighted by atomic mass is 16.5. The van der Waals surface area contributed by atoms with E-state index in [4.69, 9.17) is 8.94 Å². The highest BCUT2D eigenvalue weighted by Crippen LogP contribution is 2.17. The van der Waals surface area contributed by atoms with Crippen LogP contribution in [0.25, 0.3) is 23.5 Å². The van der Waals surface area contributed by atoms with Gasteiger partial charge in [-0.3, -0.25) is 0 Å². The van der Waals surface area contributed by atoms with Gasteiger partial charge in [0.05, 0.1) is 0 Å². The number of aromatic nitrogens is 6. The molecule has 73 valence electrons. The van der Waals surface area contributed by atoms with Crippen molar-refractivity contribution in [3.8, 4) is 23.5 Å². The normalized spacial score (nSPS) is 10.7. The van der Waals surface area contributed by atoms with Gasteiger partial charge in [-0.15, -0.1) is 10.2 Å². The molecule has 3 aromatic heterocycles. The number of rotatable bonds is 2. The summed E-state index contributed by atoms with van der Waals surface area (Å²) in [5, 5.41) is 14.0. The molecule has 0 atom stereocenters. The molecule has 9 heteroatoms. The van der Waals surface area contributed by atoms with Gasteiger partial charge in [-0.05, 0) is 0 Å². The monoisotopic (exact) mass is 205 g/mol. The van der Waals surface area contributed by atoms with Crippen LogP contribution >= 0.6 is 0 Å². The summed E-state index contributed by atoms with van der Waals surface area (Å²) in [6.45, 7) is 0. The molecular weight excluding hydrogens is 204 g/mol. The molecule has 0 aromatic carbocycles. The molecule has 0 N–H and O–H groups in total. The molecule has 0 unspecified atom stereocenters. The lowest BCUT2D eigenvalue weighted by Crippen LogP contribution is -1.81. The zero-order chi connectivity index (χ0) is 10.1.